The van der Waals surface area contributed by atoms with Crippen molar-refractivity contribution in [2.75, 3.05) is 13.1 Å². The fourth-order valence-corrected chi connectivity index (χ4v) is 3.66. The molecule has 1 amide bonds. The standard InChI is InChI=1S/C20H29FN2O/c1-15(14-17-4-2-3-5-19(17)21)23-12-10-16(11-13-23)6-9-20(24)22-18-7-8-18/h2-5,15-16,18H,6-14H2,1H3,(H,22,24)/t15-/m1/s1. The van der Waals surface area contributed by atoms with Crippen LogP contribution in [0.1, 0.15) is 51.0 Å². The van der Waals surface area contributed by atoms with Gasteiger partial charge in [-0.15, -0.1) is 0 Å². The molecule has 1 saturated carbocycles. The van der Waals surface area contributed by atoms with Crippen molar-refractivity contribution in [3.05, 3.63) is 35.6 Å². The highest BCUT2D eigenvalue weighted by Gasteiger charge is 2.26. The Balaban J connectivity index is 1.38. The summed E-state index contributed by atoms with van der Waals surface area (Å²) in [5.41, 5.74) is 0.809. The summed E-state index contributed by atoms with van der Waals surface area (Å²) in [6, 6.07) is 7.91. The van der Waals surface area contributed by atoms with Crippen molar-refractivity contribution >= 4 is 5.91 Å². The van der Waals surface area contributed by atoms with E-state index in [0.29, 0.717) is 24.4 Å². The number of benzene rings is 1. The van der Waals surface area contributed by atoms with Crippen molar-refractivity contribution in [2.45, 2.75) is 64.0 Å². The quantitative estimate of drug-likeness (QED) is 0.828. The van der Waals surface area contributed by atoms with Gasteiger partial charge in [0.05, 0.1) is 0 Å². The van der Waals surface area contributed by atoms with Gasteiger partial charge in [-0.2, -0.15) is 0 Å². The van der Waals surface area contributed by atoms with Gasteiger partial charge in [-0.25, -0.2) is 4.39 Å². The second-order valence-electron chi connectivity index (χ2n) is 7.50. The van der Waals surface area contributed by atoms with Gasteiger partial charge in [0.15, 0.2) is 0 Å². The van der Waals surface area contributed by atoms with E-state index >= 15 is 0 Å². The Labute approximate surface area is 144 Å². The lowest BCUT2D eigenvalue weighted by Gasteiger charge is -2.36. The molecule has 1 N–H and O–H groups in total. The lowest BCUT2D eigenvalue weighted by atomic mass is 9.90. The van der Waals surface area contributed by atoms with Crippen molar-refractivity contribution in [2.24, 2.45) is 5.92 Å². The molecule has 1 heterocycles. The molecule has 0 radical (unpaired) electrons. The minimum Gasteiger partial charge on any atom is -0.353 e. The molecule has 24 heavy (non-hydrogen) atoms. The molecule has 4 heteroatoms. The van der Waals surface area contributed by atoms with Crippen LogP contribution in [0.15, 0.2) is 24.3 Å². The van der Waals surface area contributed by atoms with Gasteiger partial charge in [0, 0.05) is 18.5 Å². The van der Waals surface area contributed by atoms with Crippen LogP contribution in [0.2, 0.25) is 0 Å². The van der Waals surface area contributed by atoms with Crippen molar-refractivity contribution in [1.82, 2.24) is 10.2 Å². The molecular formula is C20H29FN2O. The Morgan fingerprint density at radius 2 is 1.96 bits per heavy atom. The number of amides is 1. The Morgan fingerprint density at radius 1 is 1.25 bits per heavy atom. The molecule has 3 rings (SSSR count). The fourth-order valence-electron chi connectivity index (χ4n) is 3.66. The van der Waals surface area contributed by atoms with Crippen LogP contribution in [0, 0.1) is 11.7 Å². The summed E-state index contributed by atoms with van der Waals surface area (Å²) < 4.78 is 13.8. The number of halogens is 1. The first-order chi connectivity index (χ1) is 11.6. The van der Waals surface area contributed by atoms with Crippen LogP contribution in [-0.2, 0) is 11.2 Å². The van der Waals surface area contributed by atoms with Crippen LogP contribution in [-0.4, -0.2) is 36.0 Å². The normalized spacial score (nSPS) is 20.8. The first-order valence-corrected chi connectivity index (χ1v) is 9.38. The molecule has 3 nitrogen and oxygen atoms in total. The molecule has 132 valence electrons. The molecule has 1 aliphatic carbocycles. The summed E-state index contributed by atoms with van der Waals surface area (Å²) in [6.45, 7) is 4.31. The number of nitrogens with zero attached hydrogens (tertiary/aromatic N) is 1. The zero-order valence-corrected chi connectivity index (χ0v) is 14.6. The fraction of sp³-hybridized carbons (Fsp3) is 0.650. The predicted molar refractivity (Wildman–Crippen MR) is 94.3 cm³/mol. The van der Waals surface area contributed by atoms with Gasteiger partial charge >= 0.3 is 0 Å². The highest BCUT2D eigenvalue weighted by atomic mass is 19.1. The lowest BCUT2D eigenvalue weighted by molar-refractivity contribution is -0.121. The van der Waals surface area contributed by atoms with Crippen LogP contribution in [0.25, 0.3) is 0 Å². The van der Waals surface area contributed by atoms with E-state index in [1.54, 1.807) is 12.1 Å². The summed E-state index contributed by atoms with van der Waals surface area (Å²) in [4.78, 5) is 14.3. The van der Waals surface area contributed by atoms with Crippen LogP contribution >= 0.6 is 0 Å². The summed E-state index contributed by atoms with van der Waals surface area (Å²) in [5.74, 6) is 0.792. The van der Waals surface area contributed by atoms with Gasteiger partial charge in [-0.3, -0.25) is 4.79 Å². The Kier molecular flexibility index (Phi) is 5.88. The van der Waals surface area contributed by atoms with Gasteiger partial charge in [0.2, 0.25) is 5.91 Å². The maximum Gasteiger partial charge on any atom is 0.220 e. The lowest BCUT2D eigenvalue weighted by Crippen LogP contribution is -2.41. The smallest absolute Gasteiger partial charge is 0.220 e. The van der Waals surface area contributed by atoms with Crippen LogP contribution in [0.4, 0.5) is 4.39 Å². The number of likely N-dealkylation sites (tertiary alicyclic amines) is 1. The van der Waals surface area contributed by atoms with E-state index in [0.717, 1.165) is 57.2 Å². The number of hydrogen-bond donors (Lipinski definition) is 1. The molecule has 0 bridgehead atoms. The maximum absolute atomic E-state index is 13.8. The third kappa shape index (κ3) is 5.04. The summed E-state index contributed by atoms with van der Waals surface area (Å²) in [7, 11) is 0. The molecule has 2 aliphatic rings. The molecular weight excluding hydrogens is 303 g/mol. The first-order valence-electron chi connectivity index (χ1n) is 9.38. The maximum atomic E-state index is 13.8. The highest BCUT2D eigenvalue weighted by molar-refractivity contribution is 5.76. The molecule has 1 saturated heterocycles. The number of nitrogens with one attached hydrogen (secondary N) is 1. The summed E-state index contributed by atoms with van der Waals surface area (Å²) >= 11 is 0. The van der Waals surface area contributed by atoms with Crippen LogP contribution < -0.4 is 5.32 Å². The third-order valence-corrected chi connectivity index (χ3v) is 5.47. The first kappa shape index (κ1) is 17.4. The average molecular weight is 332 g/mol. The molecule has 0 spiro atoms. The zero-order chi connectivity index (χ0) is 16.9. The minimum atomic E-state index is -0.0964. The molecule has 1 aromatic carbocycles. The monoisotopic (exact) mass is 332 g/mol. The number of piperidine rings is 1. The van der Waals surface area contributed by atoms with Gasteiger partial charge in [-0.1, -0.05) is 18.2 Å². The van der Waals surface area contributed by atoms with Crippen molar-refractivity contribution < 1.29 is 9.18 Å². The predicted octanol–water partition coefficient (Wildman–Crippen LogP) is 3.53. The number of carbonyl (C=O) groups excluding carboxylic acids is 1. The largest absolute Gasteiger partial charge is 0.353 e. The molecule has 1 atom stereocenters. The number of carbonyl (C=O) groups is 1. The number of hydrogen-bond acceptors (Lipinski definition) is 2. The second kappa shape index (κ2) is 8.11. The zero-order valence-electron chi connectivity index (χ0n) is 14.6. The van der Waals surface area contributed by atoms with Gasteiger partial charge in [0.1, 0.15) is 5.82 Å². The SMILES string of the molecule is C[C@H](Cc1ccccc1F)N1CCC(CCC(=O)NC2CC2)CC1. The van der Waals surface area contributed by atoms with E-state index < -0.39 is 0 Å². The van der Waals surface area contributed by atoms with E-state index in [-0.39, 0.29) is 11.7 Å². The van der Waals surface area contributed by atoms with Crippen LogP contribution in [0.5, 0.6) is 0 Å². The van der Waals surface area contributed by atoms with E-state index in [9.17, 15) is 9.18 Å². The Bertz CT molecular complexity index is 550. The topological polar surface area (TPSA) is 32.3 Å². The average Bonchev–Trinajstić information content (AvgIpc) is 3.39. The van der Waals surface area contributed by atoms with Crippen LogP contribution in [0.3, 0.4) is 0 Å². The molecule has 2 fully saturated rings. The van der Waals surface area contributed by atoms with Gasteiger partial charge in [0.25, 0.3) is 0 Å². The molecule has 1 aliphatic heterocycles. The Morgan fingerprint density at radius 3 is 2.62 bits per heavy atom. The van der Waals surface area contributed by atoms with Gasteiger partial charge < -0.3 is 10.2 Å². The van der Waals surface area contributed by atoms with E-state index in [1.165, 1.54) is 0 Å². The van der Waals surface area contributed by atoms with Crippen molar-refractivity contribution in [3.63, 3.8) is 0 Å². The van der Waals surface area contributed by atoms with E-state index in [1.807, 2.05) is 12.1 Å². The van der Waals surface area contributed by atoms with Gasteiger partial charge in [-0.05, 0) is 76.1 Å². The van der Waals surface area contributed by atoms with E-state index in [2.05, 4.69) is 17.1 Å². The summed E-state index contributed by atoms with van der Waals surface area (Å²) in [5, 5.41) is 3.07. The highest BCUT2D eigenvalue weighted by Crippen LogP contribution is 2.25. The molecule has 1 aromatic rings. The summed E-state index contributed by atoms with van der Waals surface area (Å²) in [6.07, 6.45) is 7.06. The molecule has 0 unspecified atom stereocenters. The molecule has 0 aromatic heterocycles. The number of rotatable bonds is 7. The van der Waals surface area contributed by atoms with E-state index in [4.69, 9.17) is 0 Å². The second-order valence-corrected chi connectivity index (χ2v) is 7.50. The van der Waals surface area contributed by atoms with Crippen molar-refractivity contribution in [3.8, 4) is 0 Å². The minimum absolute atomic E-state index is 0.0964. The third-order valence-electron chi connectivity index (χ3n) is 5.47. The van der Waals surface area contributed by atoms with Crippen molar-refractivity contribution in [1.29, 1.82) is 0 Å². The Hall–Kier alpha value is -1.42.